The van der Waals surface area contributed by atoms with Crippen molar-refractivity contribution in [3.63, 3.8) is 0 Å². The fourth-order valence-electron chi connectivity index (χ4n) is 3.00. The summed E-state index contributed by atoms with van der Waals surface area (Å²) in [6.07, 6.45) is 7.11. The van der Waals surface area contributed by atoms with Gasteiger partial charge in [-0.1, -0.05) is 44.6 Å². The van der Waals surface area contributed by atoms with Crippen LogP contribution in [0.25, 0.3) is 0 Å². The van der Waals surface area contributed by atoms with E-state index in [-0.39, 0.29) is 30.4 Å². The molecule has 0 aliphatic heterocycles. The molecule has 268 valence electrons. The Labute approximate surface area is 294 Å². The normalized spacial score (nSPS) is 12.1. The van der Waals surface area contributed by atoms with Crippen molar-refractivity contribution < 1.29 is 28.7 Å². The fraction of sp³-hybridized carbons (Fsp3) is 0.500. The highest BCUT2D eigenvalue weighted by molar-refractivity contribution is 8.70. The number of nitrogen functional groups attached to an aromatic ring is 1. The first-order valence-corrected chi connectivity index (χ1v) is 16.8. The third-order valence-corrected chi connectivity index (χ3v) is 7.50. The molecule has 0 aromatic carbocycles. The number of carbonyl (C=O) groups excluding carboxylic acids is 4. The minimum Gasteiger partial charge on any atom is -0.469 e. The van der Waals surface area contributed by atoms with Gasteiger partial charge in [-0.2, -0.15) is 0 Å². The van der Waals surface area contributed by atoms with Crippen LogP contribution in [-0.4, -0.2) is 77.3 Å². The van der Waals surface area contributed by atoms with Crippen molar-refractivity contribution in [3.05, 3.63) is 51.9 Å². The molecule has 16 heteroatoms. The van der Waals surface area contributed by atoms with Crippen LogP contribution in [0.4, 0.5) is 5.82 Å². The summed E-state index contributed by atoms with van der Waals surface area (Å²) in [5, 5.41) is 0. The predicted molar refractivity (Wildman–Crippen MR) is 196 cm³/mol. The van der Waals surface area contributed by atoms with Gasteiger partial charge in [-0.15, -0.1) is 11.7 Å². The number of nitrogens with two attached hydrogens (primary N) is 2. The summed E-state index contributed by atoms with van der Waals surface area (Å²) in [6, 6.07) is 0. The number of rotatable bonds is 15. The van der Waals surface area contributed by atoms with Crippen molar-refractivity contribution in [2.24, 2.45) is 27.6 Å². The molecule has 1 rings (SSSR count). The van der Waals surface area contributed by atoms with Crippen LogP contribution in [0, 0.1) is 18.8 Å². The quantitative estimate of drug-likeness (QED) is 0.0430. The topological polar surface area (TPSA) is 196 Å². The molecule has 0 aliphatic carbocycles. The van der Waals surface area contributed by atoms with E-state index < -0.39 is 0 Å². The number of allylic oxidation sites excluding steroid dienone is 3. The highest BCUT2D eigenvalue weighted by Gasteiger charge is 2.11. The number of esters is 2. The number of hydrogen-bond donors (Lipinski definition) is 3. The van der Waals surface area contributed by atoms with Crippen molar-refractivity contribution in [2.75, 3.05) is 26.0 Å². The lowest BCUT2D eigenvalue weighted by molar-refractivity contribution is -0.147. The minimum atomic E-state index is -0.229. The number of aliphatic imine (C=N–C) groups is 2. The van der Waals surface area contributed by atoms with Crippen LogP contribution in [0.3, 0.4) is 0 Å². The van der Waals surface area contributed by atoms with Crippen LogP contribution < -0.4 is 11.5 Å². The largest absolute Gasteiger partial charge is 0.469 e. The van der Waals surface area contributed by atoms with Crippen LogP contribution >= 0.6 is 22.5 Å². The van der Waals surface area contributed by atoms with Gasteiger partial charge in [0, 0.05) is 41.0 Å². The Morgan fingerprint density at radius 2 is 1.65 bits per heavy atom. The van der Waals surface area contributed by atoms with Crippen molar-refractivity contribution in [3.8, 4) is 0 Å². The number of aryl methyl sites for hydroxylation is 1. The number of hydrogen-bond acceptors (Lipinski definition) is 13. The van der Waals surface area contributed by atoms with E-state index in [9.17, 15) is 19.2 Å². The number of thiol groups is 1. The SMILES string of the molecule is C/C(=C\CCOC(=O)C(C)C)N(C=O)Cc1cnc(C)nc1N.C=NC(C)=N/C(N)=C/CN(C=O)/C(C)=C(/C)SS.COC(=O)C(C)C. The van der Waals surface area contributed by atoms with Gasteiger partial charge in [-0.25, -0.2) is 20.0 Å². The highest BCUT2D eigenvalue weighted by atomic mass is 33.1. The second-order valence-corrected chi connectivity index (χ2v) is 12.0. The van der Waals surface area contributed by atoms with Crippen molar-refractivity contribution >= 4 is 65.6 Å². The third kappa shape index (κ3) is 20.1. The van der Waals surface area contributed by atoms with Crippen LogP contribution in [-0.2, 0) is 35.2 Å². The number of carbonyl (C=O) groups is 4. The number of amides is 2. The van der Waals surface area contributed by atoms with Gasteiger partial charge < -0.3 is 30.7 Å². The van der Waals surface area contributed by atoms with Crippen LogP contribution in [0.5, 0.6) is 0 Å². The van der Waals surface area contributed by atoms with Crippen LogP contribution in [0.1, 0.15) is 73.2 Å². The molecule has 2 amide bonds. The Balaban J connectivity index is 0. The maximum Gasteiger partial charge on any atom is 0.308 e. The molecule has 0 unspecified atom stereocenters. The van der Waals surface area contributed by atoms with Gasteiger partial charge in [-0.3, -0.25) is 19.2 Å². The molecule has 4 N–H and O–H groups in total. The number of aromatic nitrogens is 2. The zero-order valence-electron chi connectivity index (χ0n) is 29.7. The average molecular weight is 709 g/mol. The Kier molecular flexibility index (Phi) is 24.7. The molecule has 1 heterocycles. The van der Waals surface area contributed by atoms with E-state index in [2.05, 4.69) is 43.1 Å². The molecule has 0 saturated carbocycles. The zero-order chi connectivity index (χ0) is 37.4. The minimum absolute atomic E-state index is 0.00463. The molecule has 0 spiro atoms. The number of anilines is 1. The van der Waals surface area contributed by atoms with Gasteiger partial charge in [0.2, 0.25) is 12.8 Å². The number of ether oxygens (including phenoxy) is 2. The first kappa shape index (κ1) is 45.9. The van der Waals surface area contributed by atoms with Crippen molar-refractivity contribution in [1.82, 2.24) is 19.8 Å². The molecule has 0 aliphatic rings. The third-order valence-electron chi connectivity index (χ3n) is 6.11. The standard InChI is InChI=1S/C16H24N4O3.C11H18N4OS2.C5H10O2/c1-11(2)16(22)23-7-5-6-12(3)20(10-21)9-14-8-18-13(4)19-15(14)17;1-8(9(2)18-17)15(7-16)6-5-11(12)14-10(3)13-4;1-4(2)5(6)7-3/h6,8,10-11H,5,7,9H2,1-4H3,(H2,17,18,19);5,7,17H,4,6,12H2,1-3H3;4H,1-3H3/b12-6+;9-8-,11-5+,14-10?;. The van der Waals surface area contributed by atoms with Crippen molar-refractivity contribution in [2.45, 2.75) is 75.3 Å². The van der Waals surface area contributed by atoms with E-state index >= 15 is 0 Å². The molecule has 1 aromatic rings. The second-order valence-electron chi connectivity index (χ2n) is 10.6. The highest BCUT2D eigenvalue weighted by Crippen LogP contribution is 2.23. The van der Waals surface area contributed by atoms with Gasteiger partial charge in [-0.05, 0) is 47.4 Å². The summed E-state index contributed by atoms with van der Waals surface area (Å²) in [7, 11) is 2.69. The predicted octanol–water partition coefficient (Wildman–Crippen LogP) is 4.83. The molecule has 0 radical (unpaired) electrons. The molecule has 0 fully saturated rings. The molecular formula is C32H52N8O6S2. The Morgan fingerprint density at radius 3 is 2.08 bits per heavy atom. The smallest absolute Gasteiger partial charge is 0.308 e. The van der Waals surface area contributed by atoms with E-state index in [1.165, 1.54) is 27.7 Å². The molecule has 0 bridgehead atoms. The maximum absolute atomic E-state index is 11.3. The van der Waals surface area contributed by atoms with E-state index in [1.54, 1.807) is 53.8 Å². The lowest BCUT2D eigenvalue weighted by Gasteiger charge is -2.19. The van der Waals surface area contributed by atoms with Gasteiger partial charge in [0.1, 0.15) is 23.3 Å². The summed E-state index contributed by atoms with van der Waals surface area (Å²) < 4.78 is 9.46. The first-order chi connectivity index (χ1) is 22.5. The molecule has 0 saturated heterocycles. The second kappa shape index (κ2) is 25.9. The lowest BCUT2D eigenvalue weighted by atomic mass is 10.2. The van der Waals surface area contributed by atoms with E-state index in [0.29, 0.717) is 48.4 Å². The van der Waals surface area contributed by atoms with Crippen molar-refractivity contribution in [1.29, 1.82) is 0 Å². The van der Waals surface area contributed by atoms with E-state index in [4.69, 9.17) is 16.2 Å². The molecule has 0 atom stereocenters. The molecule has 1 aromatic heterocycles. The summed E-state index contributed by atoms with van der Waals surface area (Å²) >= 11 is 4.09. The lowest BCUT2D eigenvalue weighted by Crippen LogP contribution is -2.21. The van der Waals surface area contributed by atoms with Gasteiger partial charge in [0.05, 0.1) is 32.1 Å². The summed E-state index contributed by atoms with van der Waals surface area (Å²) in [6.45, 7) is 20.4. The first-order valence-electron chi connectivity index (χ1n) is 14.9. The van der Waals surface area contributed by atoms with Gasteiger partial charge in [0.25, 0.3) is 0 Å². The van der Waals surface area contributed by atoms with Gasteiger partial charge in [0.15, 0.2) is 0 Å². The fourth-order valence-corrected chi connectivity index (χ4v) is 3.64. The molecule has 14 nitrogen and oxygen atoms in total. The Morgan fingerprint density at radius 1 is 1.06 bits per heavy atom. The summed E-state index contributed by atoms with van der Waals surface area (Å²) in [5.41, 5.74) is 13.8. The summed E-state index contributed by atoms with van der Waals surface area (Å²) in [5.74, 6) is 1.21. The average Bonchev–Trinajstić information content (AvgIpc) is 3.05. The van der Waals surface area contributed by atoms with E-state index in [1.807, 2.05) is 26.8 Å². The zero-order valence-corrected chi connectivity index (χ0v) is 31.4. The number of nitrogens with zero attached hydrogens (tertiary/aromatic N) is 6. The molecule has 48 heavy (non-hydrogen) atoms. The number of methoxy groups -OCH3 is 1. The summed E-state index contributed by atoms with van der Waals surface area (Å²) in [4.78, 5) is 63.6. The number of amidine groups is 1. The van der Waals surface area contributed by atoms with Crippen LogP contribution in [0.15, 0.2) is 50.5 Å². The monoisotopic (exact) mass is 708 g/mol. The van der Waals surface area contributed by atoms with E-state index in [0.717, 1.165) is 29.1 Å². The Bertz CT molecular complexity index is 1330. The molecular weight excluding hydrogens is 657 g/mol. The van der Waals surface area contributed by atoms with Crippen LogP contribution in [0.2, 0.25) is 0 Å². The maximum atomic E-state index is 11.3. The Hall–Kier alpha value is -4.18. The van der Waals surface area contributed by atoms with Gasteiger partial charge >= 0.3 is 11.9 Å².